The first-order valence-corrected chi connectivity index (χ1v) is 25.1. The quantitative estimate of drug-likeness (QED) is 0.155. The molecular weight excluding hydrogens is 1070 g/mol. The molecule has 0 unspecified atom stereocenters. The van der Waals surface area contributed by atoms with Gasteiger partial charge in [0.2, 0.25) is 0 Å². The zero-order valence-electron chi connectivity index (χ0n) is 41.4. The summed E-state index contributed by atoms with van der Waals surface area (Å²) in [5, 5.41) is 2.31. The van der Waals surface area contributed by atoms with E-state index >= 15 is 0 Å². The monoisotopic (exact) mass is 1120 g/mol. The normalized spacial score (nSPS) is 14.6. The summed E-state index contributed by atoms with van der Waals surface area (Å²) in [4.78, 5) is 9.84. The van der Waals surface area contributed by atoms with E-state index in [9.17, 15) is 0 Å². The van der Waals surface area contributed by atoms with Gasteiger partial charge in [0.05, 0.1) is 0 Å². The summed E-state index contributed by atoms with van der Waals surface area (Å²) < 4.78 is 2.32. The van der Waals surface area contributed by atoms with Crippen molar-refractivity contribution in [3.8, 4) is 39.2 Å². The molecule has 2 aromatic heterocycles. The molecule has 0 fully saturated rings. The van der Waals surface area contributed by atoms with Crippen LogP contribution in [-0.4, -0.2) is 9.55 Å². The molecule has 4 nitrogen and oxygen atoms in total. The van der Waals surface area contributed by atoms with Gasteiger partial charge in [-0.2, -0.15) is 42.5 Å². The number of fused-ring (bicyclic) bond motifs is 10. The van der Waals surface area contributed by atoms with Crippen LogP contribution in [0.25, 0.3) is 61.0 Å². The Balaban J connectivity index is 0.00000516. The SMILES string of the molecule is CC(C)(C)c1ccnc(-n2c3[c-]c(C4(c5[c-]c(N6[CH-]N(c7c(-c8ccccc8)ccc8c7-c7ccccc7C8(C)C)c7ccccc76)ccc5)c5ccccc5-c5ccccc54)ccc3c3ccccc32)c1.[Pt]. The maximum absolute atomic E-state index is 5.06. The minimum absolute atomic E-state index is 0. The van der Waals surface area contributed by atoms with Crippen LogP contribution in [0.1, 0.15) is 73.6 Å². The van der Waals surface area contributed by atoms with E-state index in [-0.39, 0.29) is 31.9 Å². The smallest absolute Gasteiger partial charge is 0.135 e. The van der Waals surface area contributed by atoms with Gasteiger partial charge in [-0.05, 0) is 91.2 Å². The molecule has 0 saturated heterocycles. The van der Waals surface area contributed by atoms with Gasteiger partial charge in [-0.15, -0.1) is 28.9 Å². The summed E-state index contributed by atoms with van der Waals surface area (Å²) in [6.07, 6.45) is 1.95. The fourth-order valence-corrected chi connectivity index (χ4v) is 12.5. The number of hydrogen-bond donors (Lipinski definition) is 0. The van der Waals surface area contributed by atoms with E-state index in [1.807, 2.05) is 6.20 Å². The number of hydrogen-bond acceptors (Lipinski definition) is 3. The summed E-state index contributed by atoms with van der Waals surface area (Å²) >= 11 is 0. The second-order valence-corrected chi connectivity index (χ2v) is 21.2. The molecule has 1 aliphatic heterocycles. The van der Waals surface area contributed by atoms with Crippen LogP contribution in [0.4, 0.5) is 22.7 Å². The van der Waals surface area contributed by atoms with Gasteiger partial charge >= 0.3 is 0 Å². The molecule has 3 aliphatic rings. The second-order valence-electron chi connectivity index (χ2n) is 21.2. The maximum Gasteiger partial charge on any atom is 0.135 e. The van der Waals surface area contributed by atoms with E-state index in [0.717, 1.165) is 50.4 Å². The molecular formula is C68H51N4Pt-3. The van der Waals surface area contributed by atoms with E-state index in [1.165, 1.54) is 72.3 Å². The molecule has 0 saturated carbocycles. The first-order valence-electron chi connectivity index (χ1n) is 25.1. The number of rotatable bonds is 6. The largest absolute Gasteiger partial charge is 0.493 e. The Labute approximate surface area is 442 Å². The van der Waals surface area contributed by atoms with Gasteiger partial charge in [-0.3, -0.25) is 0 Å². The predicted octanol–water partition coefficient (Wildman–Crippen LogP) is 16.8. The van der Waals surface area contributed by atoms with Crippen molar-refractivity contribution in [2.24, 2.45) is 0 Å². The standard InChI is InChI=1S/C68H51N4.Pt/c1-66(2,3)45-38-39-69-63(42-45)72-59-31-16-12-26-52(59)53-35-34-47(41-62(53)72)68(56-29-14-9-24-50(56)51-25-10-15-30-57(51)68)46-22-19-23-48(40-46)70-43-71(61-33-18-17-32-60(61)70)65-49(44-20-7-6-8-21-44)36-37-58-64(65)54-27-11-13-28-55(54)67(58,4)5;/h6-39,42-43H,1-5H3;/q-3;. The van der Waals surface area contributed by atoms with E-state index in [1.54, 1.807) is 0 Å². The molecule has 0 amide bonds. The molecule has 11 aromatic rings. The third-order valence-corrected chi connectivity index (χ3v) is 15.9. The van der Waals surface area contributed by atoms with Crippen molar-refractivity contribution < 1.29 is 21.1 Å². The summed E-state index contributed by atoms with van der Waals surface area (Å²) in [5.41, 5.74) is 21.3. The van der Waals surface area contributed by atoms with Crippen LogP contribution in [-0.2, 0) is 37.3 Å². The average molecular weight is 1120 g/mol. The van der Waals surface area contributed by atoms with Crippen molar-refractivity contribution >= 4 is 44.6 Å². The van der Waals surface area contributed by atoms with Crippen molar-refractivity contribution in [3.05, 3.63) is 270 Å². The minimum atomic E-state index is -0.770. The molecule has 0 bridgehead atoms. The van der Waals surface area contributed by atoms with Gasteiger partial charge in [0, 0.05) is 71.8 Å². The van der Waals surface area contributed by atoms with Crippen molar-refractivity contribution in [1.29, 1.82) is 0 Å². The average Bonchev–Trinajstić information content (AvgIpc) is 4.14. The van der Waals surface area contributed by atoms with Gasteiger partial charge in [-0.25, -0.2) is 4.98 Å². The Morgan fingerprint density at radius 2 is 1.14 bits per heavy atom. The Morgan fingerprint density at radius 3 is 1.88 bits per heavy atom. The van der Waals surface area contributed by atoms with Crippen molar-refractivity contribution in [1.82, 2.24) is 9.55 Å². The fraction of sp³-hybridized carbons (Fsp3) is 0.118. The van der Waals surface area contributed by atoms with Gasteiger partial charge in [-0.1, -0.05) is 186 Å². The molecule has 14 rings (SSSR count). The Bertz CT molecular complexity index is 3960. The maximum atomic E-state index is 5.06. The molecule has 0 spiro atoms. The molecule has 0 atom stereocenters. The van der Waals surface area contributed by atoms with Crippen LogP contribution in [0.3, 0.4) is 0 Å². The van der Waals surface area contributed by atoms with Crippen molar-refractivity contribution in [3.63, 3.8) is 0 Å². The minimum Gasteiger partial charge on any atom is -0.493 e. The van der Waals surface area contributed by atoms with Gasteiger partial charge in [0.15, 0.2) is 0 Å². The van der Waals surface area contributed by atoms with Crippen LogP contribution in [0, 0.1) is 18.8 Å². The van der Waals surface area contributed by atoms with Gasteiger partial charge in [0.25, 0.3) is 0 Å². The van der Waals surface area contributed by atoms with Crippen molar-refractivity contribution in [2.75, 3.05) is 9.80 Å². The number of aromatic nitrogens is 2. The number of benzene rings is 9. The van der Waals surface area contributed by atoms with E-state index in [2.05, 4.69) is 274 Å². The van der Waals surface area contributed by atoms with Gasteiger partial charge in [0.1, 0.15) is 5.82 Å². The number of pyridine rings is 1. The third-order valence-electron chi connectivity index (χ3n) is 15.9. The predicted molar refractivity (Wildman–Crippen MR) is 297 cm³/mol. The molecule has 5 heteroatoms. The summed E-state index contributed by atoms with van der Waals surface area (Å²) in [6, 6.07) is 84.0. The van der Waals surface area contributed by atoms with E-state index in [0.29, 0.717) is 0 Å². The van der Waals surface area contributed by atoms with Crippen LogP contribution in [0.15, 0.2) is 212 Å². The summed E-state index contributed by atoms with van der Waals surface area (Å²) in [5.74, 6) is 0.885. The first-order chi connectivity index (χ1) is 35.1. The molecule has 73 heavy (non-hydrogen) atoms. The fourth-order valence-electron chi connectivity index (χ4n) is 12.5. The van der Waals surface area contributed by atoms with Crippen LogP contribution in [0.5, 0.6) is 0 Å². The number of para-hydroxylation sites is 3. The number of anilines is 4. The molecule has 0 radical (unpaired) electrons. The summed E-state index contributed by atoms with van der Waals surface area (Å²) in [7, 11) is 0. The third kappa shape index (κ3) is 6.52. The summed E-state index contributed by atoms with van der Waals surface area (Å²) in [6.45, 7) is 13.8. The zero-order chi connectivity index (χ0) is 48.5. The molecule has 2 aliphatic carbocycles. The Morgan fingerprint density at radius 1 is 0.507 bits per heavy atom. The first kappa shape index (κ1) is 45.1. The Kier molecular flexibility index (Phi) is 10.3. The van der Waals surface area contributed by atoms with Crippen molar-refractivity contribution in [2.45, 2.75) is 50.9 Å². The number of nitrogens with zero attached hydrogens (tertiary/aromatic N) is 4. The van der Waals surface area contributed by atoms with Crippen LogP contribution in [0.2, 0.25) is 0 Å². The van der Waals surface area contributed by atoms with Gasteiger partial charge < -0.3 is 14.4 Å². The molecule has 0 N–H and O–H groups in total. The molecule has 356 valence electrons. The molecule has 3 heterocycles. The Hall–Kier alpha value is -7.78. The molecule has 9 aromatic carbocycles. The van der Waals surface area contributed by atoms with E-state index in [4.69, 9.17) is 4.98 Å². The van der Waals surface area contributed by atoms with Crippen LogP contribution >= 0.6 is 0 Å². The second kappa shape index (κ2) is 16.6. The zero-order valence-corrected chi connectivity index (χ0v) is 43.7. The van der Waals surface area contributed by atoms with E-state index < -0.39 is 5.41 Å². The topological polar surface area (TPSA) is 24.3 Å². The van der Waals surface area contributed by atoms with Crippen LogP contribution < -0.4 is 9.80 Å².